The molecule has 0 atom stereocenters. The Bertz CT molecular complexity index is 1360. The topological polar surface area (TPSA) is 79.2 Å². The van der Waals surface area contributed by atoms with E-state index >= 15 is 0 Å². The quantitative estimate of drug-likeness (QED) is 0.520. The minimum absolute atomic E-state index is 0.0642. The van der Waals surface area contributed by atoms with E-state index in [4.69, 9.17) is 4.98 Å². The summed E-state index contributed by atoms with van der Waals surface area (Å²) in [5.74, 6) is 1.08. The summed E-state index contributed by atoms with van der Waals surface area (Å²) in [6.45, 7) is 3.18. The van der Waals surface area contributed by atoms with Gasteiger partial charge in [-0.15, -0.1) is 0 Å². The van der Waals surface area contributed by atoms with Gasteiger partial charge in [0.15, 0.2) is 11.6 Å². The van der Waals surface area contributed by atoms with Gasteiger partial charge in [0.25, 0.3) is 0 Å². The van der Waals surface area contributed by atoms with Gasteiger partial charge in [0.2, 0.25) is 5.91 Å². The van der Waals surface area contributed by atoms with Crippen molar-refractivity contribution >= 4 is 17.5 Å². The maximum absolute atomic E-state index is 14.0. The Morgan fingerprint density at radius 2 is 1.87 bits per heavy atom. The molecular weight excluding hydrogens is 488 g/mol. The van der Waals surface area contributed by atoms with Gasteiger partial charge in [-0.25, -0.2) is 23.7 Å². The van der Waals surface area contributed by atoms with Gasteiger partial charge in [-0.05, 0) is 58.0 Å². The summed E-state index contributed by atoms with van der Waals surface area (Å²) in [7, 11) is 4.06. The van der Waals surface area contributed by atoms with E-state index in [1.54, 1.807) is 12.4 Å². The maximum atomic E-state index is 14.0. The van der Waals surface area contributed by atoms with E-state index in [0.29, 0.717) is 17.1 Å². The number of piperidine rings is 1. The summed E-state index contributed by atoms with van der Waals surface area (Å²) >= 11 is 0. The number of hydrogen-bond donors (Lipinski definition) is 1. The van der Waals surface area contributed by atoms with Crippen molar-refractivity contribution in [1.29, 1.82) is 0 Å². The molecule has 1 saturated heterocycles. The summed E-state index contributed by atoms with van der Waals surface area (Å²) in [5.41, 5.74) is 1.71. The van der Waals surface area contributed by atoms with Gasteiger partial charge in [0.05, 0.1) is 16.7 Å². The lowest BCUT2D eigenvalue weighted by Gasteiger charge is -2.35. The Labute approximate surface area is 221 Å². The molecule has 2 fully saturated rings. The predicted molar refractivity (Wildman–Crippen MR) is 141 cm³/mol. The number of likely N-dealkylation sites (N-methyl/N-ethyl adjacent to an activating group) is 1. The maximum Gasteiger partial charge on any atom is 0.236 e. The number of amides is 1. The van der Waals surface area contributed by atoms with E-state index in [9.17, 15) is 13.6 Å². The normalized spacial score (nSPS) is 19.0. The highest BCUT2D eigenvalue weighted by Crippen LogP contribution is 2.51. The fraction of sp³-hybridized carbons (Fsp3) is 0.500. The van der Waals surface area contributed by atoms with Crippen molar-refractivity contribution in [2.75, 3.05) is 43.9 Å². The first-order valence-electron chi connectivity index (χ1n) is 13.4. The molecule has 38 heavy (non-hydrogen) atoms. The second-order valence-electron chi connectivity index (χ2n) is 11.0. The summed E-state index contributed by atoms with van der Waals surface area (Å²) in [6, 6.07) is 3.94. The number of aromatic nitrogens is 4. The number of hydrogen-bond acceptors (Lipinski definition) is 6. The Kier molecular flexibility index (Phi) is 6.37. The van der Waals surface area contributed by atoms with Crippen molar-refractivity contribution in [2.24, 2.45) is 0 Å². The van der Waals surface area contributed by atoms with E-state index in [-0.39, 0.29) is 11.8 Å². The van der Waals surface area contributed by atoms with Crippen LogP contribution in [0.3, 0.4) is 0 Å². The predicted octanol–water partition coefficient (Wildman–Crippen LogP) is 4.33. The lowest BCUT2D eigenvalue weighted by atomic mass is 9.80. The van der Waals surface area contributed by atoms with Crippen LogP contribution in [0.15, 0.2) is 30.7 Å². The van der Waals surface area contributed by atoms with Crippen LogP contribution in [-0.2, 0) is 16.8 Å². The highest BCUT2D eigenvalue weighted by molar-refractivity contribution is 6.07. The first-order chi connectivity index (χ1) is 18.4. The molecule has 2 aliphatic heterocycles. The molecule has 200 valence electrons. The van der Waals surface area contributed by atoms with Gasteiger partial charge in [0, 0.05) is 43.9 Å². The van der Waals surface area contributed by atoms with Crippen LogP contribution >= 0.6 is 0 Å². The Morgan fingerprint density at radius 1 is 1.11 bits per heavy atom. The number of rotatable bonds is 6. The number of halogens is 2. The van der Waals surface area contributed by atoms with Crippen LogP contribution in [0, 0.1) is 11.6 Å². The monoisotopic (exact) mass is 521 g/mol. The van der Waals surface area contributed by atoms with Gasteiger partial charge < -0.3 is 19.7 Å². The number of nitrogens with zero attached hydrogens (tertiary/aromatic N) is 6. The van der Waals surface area contributed by atoms with Crippen molar-refractivity contribution in [3.05, 3.63) is 53.7 Å². The second kappa shape index (κ2) is 9.72. The van der Waals surface area contributed by atoms with Crippen LogP contribution in [0.5, 0.6) is 0 Å². The summed E-state index contributed by atoms with van der Waals surface area (Å²) in [6.07, 6.45) is 9.04. The van der Waals surface area contributed by atoms with Crippen LogP contribution < -0.4 is 10.2 Å². The molecule has 1 aromatic carbocycles. The fourth-order valence-electron chi connectivity index (χ4n) is 6.33. The number of fused-ring (bicyclic) bond motifs is 2. The molecule has 1 amide bonds. The average molecular weight is 522 g/mol. The molecule has 3 aromatic rings. The SMILES string of the molecule is CN(C)CCn1cc(-c2ccc(F)c(F)c2)nc1C1CCN(c2ncnc3c2C2(CCCC2)C(=O)N3)CC1. The smallest absolute Gasteiger partial charge is 0.236 e. The molecule has 2 aromatic heterocycles. The van der Waals surface area contributed by atoms with Gasteiger partial charge in [-0.3, -0.25) is 4.79 Å². The average Bonchev–Trinajstić information content (AvgIpc) is 3.63. The number of imidazole rings is 1. The number of benzene rings is 1. The standard InChI is InChI=1S/C28H33F2N7O/c1-35(2)13-14-37-16-22(19-5-6-20(29)21(30)15-19)33-25(37)18-7-11-36(12-8-18)26-23-24(31-17-32-26)34-27(38)28(23)9-3-4-10-28/h5-6,15-18H,3-4,7-14H2,1-2H3,(H,31,32,34,38). The van der Waals surface area contributed by atoms with E-state index < -0.39 is 17.0 Å². The van der Waals surface area contributed by atoms with Crippen molar-refractivity contribution in [1.82, 2.24) is 24.4 Å². The van der Waals surface area contributed by atoms with E-state index in [2.05, 4.69) is 29.7 Å². The number of carbonyl (C=O) groups excluding carboxylic acids is 1. The van der Waals surface area contributed by atoms with Crippen LogP contribution in [0.1, 0.15) is 55.8 Å². The summed E-state index contributed by atoms with van der Waals surface area (Å²) in [4.78, 5) is 31.4. The Morgan fingerprint density at radius 3 is 2.58 bits per heavy atom. The third-order valence-electron chi connectivity index (χ3n) is 8.40. The zero-order chi connectivity index (χ0) is 26.4. The van der Waals surface area contributed by atoms with E-state index in [0.717, 1.165) is 88.0 Å². The highest BCUT2D eigenvalue weighted by Gasteiger charge is 2.51. The molecule has 6 rings (SSSR count). The molecule has 0 bridgehead atoms. The zero-order valence-electron chi connectivity index (χ0n) is 21.9. The van der Waals surface area contributed by atoms with Gasteiger partial charge in [-0.1, -0.05) is 12.8 Å². The van der Waals surface area contributed by atoms with E-state index in [1.807, 2.05) is 20.3 Å². The molecular formula is C28H33F2N7O. The Hall–Kier alpha value is -3.40. The molecule has 3 aliphatic rings. The summed E-state index contributed by atoms with van der Waals surface area (Å²) in [5, 5.41) is 3.02. The van der Waals surface area contributed by atoms with Crippen molar-refractivity contribution in [3.8, 4) is 11.3 Å². The molecule has 0 unspecified atom stereocenters. The van der Waals surface area contributed by atoms with Crippen molar-refractivity contribution < 1.29 is 13.6 Å². The minimum atomic E-state index is -0.870. The molecule has 1 N–H and O–H groups in total. The van der Waals surface area contributed by atoms with E-state index in [1.165, 1.54) is 6.07 Å². The van der Waals surface area contributed by atoms with Crippen molar-refractivity contribution in [3.63, 3.8) is 0 Å². The molecule has 0 radical (unpaired) electrons. The first-order valence-corrected chi connectivity index (χ1v) is 13.4. The lowest BCUT2D eigenvalue weighted by Crippen LogP contribution is -2.38. The van der Waals surface area contributed by atoms with Crippen LogP contribution in [0.4, 0.5) is 20.4 Å². The van der Waals surface area contributed by atoms with Crippen LogP contribution in [0.2, 0.25) is 0 Å². The molecule has 1 aliphatic carbocycles. The third kappa shape index (κ3) is 4.24. The lowest BCUT2D eigenvalue weighted by molar-refractivity contribution is -0.120. The molecule has 10 heteroatoms. The summed E-state index contributed by atoms with van der Waals surface area (Å²) < 4.78 is 29.7. The largest absolute Gasteiger partial charge is 0.356 e. The van der Waals surface area contributed by atoms with Crippen LogP contribution in [0.25, 0.3) is 11.3 Å². The third-order valence-corrected chi connectivity index (χ3v) is 8.40. The highest BCUT2D eigenvalue weighted by atomic mass is 19.2. The number of carbonyl (C=O) groups is 1. The van der Waals surface area contributed by atoms with Gasteiger partial charge in [0.1, 0.15) is 23.8 Å². The fourth-order valence-corrected chi connectivity index (χ4v) is 6.33. The number of nitrogens with one attached hydrogen (secondary N) is 1. The molecule has 1 saturated carbocycles. The van der Waals surface area contributed by atoms with Gasteiger partial charge >= 0.3 is 0 Å². The first kappa shape index (κ1) is 24.9. The van der Waals surface area contributed by atoms with Crippen LogP contribution in [-0.4, -0.2) is 64.1 Å². The zero-order valence-corrected chi connectivity index (χ0v) is 21.9. The molecule has 4 heterocycles. The molecule has 8 nitrogen and oxygen atoms in total. The second-order valence-corrected chi connectivity index (χ2v) is 11.0. The number of anilines is 2. The van der Waals surface area contributed by atoms with Crippen molar-refractivity contribution in [2.45, 2.75) is 56.4 Å². The minimum Gasteiger partial charge on any atom is -0.356 e. The van der Waals surface area contributed by atoms with Gasteiger partial charge in [-0.2, -0.15) is 0 Å². The molecule has 1 spiro atoms. The Balaban J connectivity index is 1.26.